The van der Waals surface area contributed by atoms with E-state index >= 15 is 0 Å². The fourth-order valence-electron chi connectivity index (χ4n) is 2.72. The molecule has 0 spiro atoms. The molecule has 4 rings (SSSR count). The molecule has 0 atom stereocenters. The van der Waals surface area contributed by atoms with Gasteiger partial charge in [0.25, 0.3) is 5.91 Å². The maximum absolute atomic E-state index is 12.3. The first-order chi connectivity index (χ1) is 11.2. The quantitative estimate of drug-likeness (QED) is 0.776. The van der Waals surface area contributed by atoms with Gasteiger partial charge in [-0.1, -0.05) is 23.5 Å². The second kappa shape index (κ2) is 5.55. The molecule has 2 heterocycles. The fraction of sp³-hybridized carbons (Fsp3) is 0.176. The molecule has 3 aromatic rings. The smallest absolute Gasteiger partial charge is 0.251 e. The lowest BCUT2D eigenvalue weighted by atomic mass is 10.1. The number of rotatable bonds is 3. The number of nitrogens with zero attached hydrogens (tertiary/aromatic N) is 1. The summed E-state index contributed by atoms with van der Waals surface area (Å²) in [6, 6.07) is 11.5. The largest absolute Gasteiger partial charge is 0.493 e. The van der Waals surface area contributed by atoms with Crippen molar-refractivity contribution in [2.24, 2.45) is 0 Å². The third kappa shape index (κ3) is 2.73. The van der Waals surface area contributed by atoms with E-state index in [1.807, 2.05) is 18.2 Å². The highest BCUT2D eigenvalue weighted by Crippen LogP contribution is 2.26. The lowest BCUT2D eigenvalue weighted by Crippen LogP contribution is -2.22. The number of nitrogens with one attached hydrogen (secondary N) is 1. The number of amides is 1. The molecule has 0 bridgehead atoms. The van der Waals surface area contributed by atoms with Crippen LogP contribution in [-0.2, 0) is 13.0 Å². The number of hydrogen-bond acceptors (Lipinski definition) is 5. The minimum absolute atomic E-state index is 0.116. The molecule has 0 aliphatic carbocycles. The maximum Gasteiger partial charge on any atom is 0.251 e. The van der Waals surface area contributed by atoms with Crippen molar-refractivity contribution in [1.29, 1.82) is 0 Å². The summed E-state index contributed by atoms with van der Waals surface area (Å²) in [7, 11) is 0. The Balaban J connectivity index is 1.48. The molecular weight excluding hydrogens is 310 g/mol. The highest BCUT2D eigenvalue weighted by Gasteiger charge is 2.13. The first-order valence-corrected chi connectivity index (χ1v) is 8.19. The molecule has 3 N–H and O–H groups in total. The van der Waals surface area contributed by atoms with E-state index in [1.165, 1.54) is 16.9 Å². The van der Waals surface area contributed by atoms with Crippen LogP contribution < -0.4 is 15.8 Å². The monoisotopic (exact) mass is 325 g/mol. The Kier molecular flexibility index (Phi) is 3.38. The van der Waals surface area contributed by atoms with Crippen molar-refractivity contribution >= 4 is 32.6 Å². The Morgan fingerprint density at radius 3 is 3.13 bits per heavy atom. The van der Waals surface area contributed by atoms with Crippen molar-refractivity contribution < 1.29 is 9.53 Å². The van der Waals surface area contributed by atoms with Gasteiger partial charge in [-0.25, -0.2) is 4.98 Å². The van der Waals surface area contributed by atoms with E-state index < -0.39 is 0 Å². The minimum atomic E-state index is -0.116. The van der Waals surface area contributed by atoms with Crippen LogP contribution in [0.5, 0.6) is 5.75 Å². The third-order valence-corrected chi connectivity index (χ3v) is 4.74. The summed E-state index contributed by atoms with van der Waals surface area (Å²) in [5, 5.41) is 3.45. The molecule has 1 aliphatic heterocycles. The summed E-state index contributed by atoms with van der Waals surface area (Å²) in [4.78, 5) is 16.5. The second-order valence-corrected chi connectivity index (χ2v) is 6.52. The predicted molar refractivity (Wildman–Crippen MR) is 90.8 cm³/mol. The molecule has 1 aliphatic rings. The molecule has 1 aromatic heterocycles. The van der Waals surface area contributed by atoms with Crippen LogP contribution in [0.25, 0.3) is 10.2 Å². The van der Waals surface area contributed by atoms with E-state index in [2.05, 4.69) is 16.4 Å². The summed E-state index contributed by atoms with van der Waals surface area (Å²) in [5.41, 5.74) is 9.32. The van der Waals surface area contributed by atoms with E-state index in [-0.39, 0.29) is 5.91 Å². The highest BCUT2D eigenvalue weighted by atomic mass is 32.1. The summed E-state index contributed by atoms with van der Waals surface area (Å²) in [6.07, 6.45) is 0.930. The molecule has 6 heteroatoms. The van der Waals surface area contributed by atoms with Gasteiger partial charge in [0.1, 0.15) is 5.75 Å². The van der Waals surface area contributed by atoms with Gasteiger partial charge in [0, 0.05) is 18.5 Å². The molecule has 1 amide bonds. The lowest BCUT2D eigenvalue weighted by molar-refractivity contribution is 0.0951. The zero-order valence-electron chi connectivity index (χ0n) is 12.3. The fourth-order valence-corrected chi connectivity index (χ4v) is 3.44. The number of ether oxygens (including phenoxy) is 1. The van der Waals surface area contributed by atoms with Gasteiger partial charge in [-0.05, 0) is 35.4 Å². The summed E-state index contributed by atoms with van der Waals surface area (Å²) in [5.74, 6) is 0.835. The number of fused-ring (bicyclic) bond motifs is 2. The third-order valence-electron chi connectivity index (χ3n) is 3.87. The Bertz CT molecular complexity index is 904. The van der Waals surface area contributed by atoms with Gasteiger partial charge in [-0.15, -0.1) is 0 Å². The molecule has 0 unspecified atom stereocenters. The molecule has 0 saturated heterocycles. The molecule has 0 fully saturated rings. The average molecular weight is 325 g/mol. The molecule has 23 heavy (non-hydrogen) atoms. The number of carbonyl (C=O) groups is 1. The summed E-state index contributed by atoms with van der Waals surface area (Å²) < 4.78 is 6.47. The van der Waals surface area contributed by atoms with Gasteiger partial charge in [-0.3, -0.25) is 4.79 Å². The molecule has 0 radical (unpaired) electrons. The first kappa shape index (κ1) is 14.0. The Hall–Kier alpha value is -2.60. The van der Waals surface area contributed by atoms with Gasteiger partial charge < -0.3 is 15.8 Å². The van der Waals surface area contributed by atoms with Crippen LogP contribution in [0.15, 0.2) is 36.4 Å². The van der Waals surface area contributed by atoms with Crippen LogP contribution in [0.1, 0.15) is 21.5 Å². The standard InChI is InChI=1S/C17H15N3O2S/c18-17-20-13-8-12(2-4-15(13)23-17)16(21)19-9-10-1-3-14-11(7-10)5-6-22-14/h1-4,7-8H,5-6,9H2,(H2,18,20)(H,19,21). The normalized spacial score (nSPS) is 12.9. The molecule has 5 nitrogen and oxygen atoms in total. The molecule has 116 valence electrons. The Morgan fingerprint density at radius 1 is 1.30 bits per heavy atom. The van der Waals surface area contributed by atoms with Crippen molar-refractivity contribution in [1.82, 2.24) is 10.3 Å². The zero-order valence-corrected chi connectivity index (χ0v) is 13.2. The van der Waals surface area contributed by atoms with Crippen LogP contribution >= 0.6 is 11.3 Å². The zero-order chi connectivity index (χ0) is 15.8. The van der Waals surface area contributed by atoms with Crippen molar-refractivity contribution in [3.05, 3.63) is 53.1 Å². The number of nitrogens with two attached hydrogens (primary N) is 1. The highest BCUT2D eigenvalue weighted by molar-refractivity contribution is 7.22. The van der Waals surface area contributed by atoms with E-state index in [0.717, 1.165) is 34.6 Å². The van der Waals surface area contributed by atoms with Gasteiger partial charge in [-0.2, -0.15) is 0 Å². The SMILES string of the molecule is Nc1nc2cc(C(=O)NCc3ccc4c(c3)CCO4)ccc2s1. The van der Waals surface area contributed by atoms with Crippen molar-refractivity contribution in [3.8, 4) is 5.75 Å². The van der Waals surface area contributed by atoms with Crippen LogP contribution in [0.3, 0.4) is 0 Å². The van der Waals surface area contributed by atoms with E-state index in [4.69, 9.17) is 10.5 Å². The van der Waals surface area contributed by atoms with Crippen LogP contribution in [-0.4, -0.2) is 17.5 Å². The Labute approximate surface area is 137 Å². The van der Waals surface area contributed by atoms with Gasteiger partial charge >= 0.3 is 0 Å². The van der Waals surface area contributed by atoms with E-state index in [9.17, 15) is 4.79 Å². The summed E-state index contributed by atoms with van der Waals surface area (Å²) in [6.45, 7) is 1.23. The molecule has 0 saturated carbocycles. The first-order valence-electron chi connectivity index (χ1n) is 7.38. The summed E-state index contributed by atoms with van der Waals surface area (Å²) >= 11 is 1.42. The van der Waals surface area contributed by atoms with Crippen LogP contribution in [0, 0.1) is 0 Å². The number of aromatic nitrogens is 1. The number of nitrogen functional groups attached to an aromatic ring is 1. The maximum atomic E-state index is 12.3. The number of benzene rings is 2. The van der Waals surface area contributed by atoms with E-state index in [0.29, 0.717) is 17.2 Å². The predicted octanol–water partition coefficient (Wildman–Crippen LogP) is 2.74. The number of thiazole rings is 1. The van der Waals surface area contributed by atoms with Gasteiger partial charge in [0.05, 0.1) is 16.8 Å². The average Bonchev–Trinajstić information content (AvgIpc) is 3.16. The van der Waals surface area contributed by atoms with Crippen LogP contribution in [0.2, 0.25) is 0 Å². The number of hydrogen-bond donors (Lipinski definition) is 2. The topological polar surface area (TPSA) is 77.2 Å². The van der Waals surface area contributed by atoms with Crippen LogP contribution in [0.4, 0.5) is 5.13 Å². The molecular formula is C17H15N3O2S. The minimum Gasteiger partial charge on any atom is -0.493 e. The van der Waals surface area contributed by atoms with Gasteiger partial charge in [0.15, 0.2) is 5.13 Å². The lowest BCUT2D eigenvalue weighted by Gasteiger charge is -2.07. The van der Waals surface area contributed by atoms with E-state index in [1.54, 1.807) is 12.1 Å². The van der Waals surface area contributed by atoms with Crippen molar-refractivity contribution in [2.75, 3.05) is 12.3 Å². The number of carbonyl (C=O) groups excluding carboxylic acids is 1. The Morgan fingerprint density at radius 2 is 2.22 bits per heavy atom. The van der Waals surface area contributed by atoms with Gasteiger partial charge in [0.2, 0.25) is 0 Å². The second-order valence-electron chi connectivity index (χ2n) is 5.46. The number of anilines is 1. The molecule has 2 aromatic carbocycles. The van der Waals surface area contributed by atoms with Crippen molar-refractivity contribution in [2.45, 2.75) is 13.0 Å². The van der Waals surface area contributed by atoms with Crippen molar-refractivity contribution in [3.63, 3.8) is 0 Å².